The second kappa shape index (κ2) is 40.9. The second-order valence-corrected chi connectivity index (χ2v) is 25.5. The molecule has 0 radical (unpaired) electrons. The van der Waals surface area contributed by atoms with E-state index in [0.29, 0.717) is 64.6 Å². The maximum Gasteiger partial charge on any atom is 0.407 e. The molecule has 0 fully saturated rings. The van der Waals surface area contributed by atoms with E-state index in [9.17, 15) is 14.4 Å². The van der Waals surface area contributed by atoms with Crippen molar-refractivity contribution in [3.8, 4) is 0 Å². The molecule has 0 unspecified atom stereocenters. The van der Waals surface area contributed by atoms with Crippen molar-refractivity contribution in [1.82, 2.24) is 5.32 Å². The standard InChI is InChI=1S/C36H52N4O3.C24H33NO5.C15H28N2.FH/c1-8-40(9-2,10-3)25-11-21-39-22-18-30(19-23-39)12-13-31-14-15-33-29-34(17-16-32(33)28-31)38(7)24-27-42-26-20-37-35(41)43-36(4,5)6;1-24(2,3)30-23(27)6-5-12-28-14-15-29-13-11-25(4)22-10-9-20-16-19(18-26)7-8-21(20)17-22;1-5-17(6-2,7-3)14-8-11-16-12-9-15(4)10-13-16;/h12-19,22,28-29H,8-11,20-21,24-27H2,1-7H3;7-10,16-18H,5-6,11-15H2,1-4H3;9-10,12-13H,5-8,11,14H2,1-4H3;1H/q;;+2;/p+1/b13-12+;;;. The van der Waals surface area contributed by atoms with Crippen LogP contribution >= 0.6 is 0 Å². The van der Waals surface area contributed by atoms with Crippen molar-refractivity contribution < 1.29 is 60.9 Å². The number of amides is 1. The predicted molar refractivity (Wildman–Crippen MR) is 373 cm³/mol. The number of nitrogens with zero attached hydrogens (tertiary/aromatic N) is 6. The minimum absolute atomic E-state index is 0. The first-order valence-corrected chi connectivity index (χ1v) is 33.1. The number of alkyl carbamates (subject to hydrolysis) is 1. The third-order valence-electron chi connectivity index (χ3n) is 16.7. The molecule has 15 nitrogen and oxygen atoms in total. The molecule has 0 aliphatic rings. The van der Waals surface area contributed by atoms with Crippen molar-refractivity contribution >= 4 is 63.4 Å². The molecule has 0 saturated carbocycles. The summed E-state index contributed by atoms with van der Waals surface area (Å²) < 4.78 is 34.2. The Morgan fingerprint density at radius 1 is 0.549 bits per heavy atom. The topological polar surface area (TPSA) is 124 Å². The molecule has 1 N–H and O–H groups in total. The molecule has 16 heteroatoms. The summed E-state index contributed by atoms with van der Waals surface area (Å²) in [6.07, 6.45) is 18.1. The van der Waals surface area contributed by atoms with E-state index in [4.69, 9.17) is 23.7 Å². The monoisotopic (exact) mass is 1260 g/mol. The largest absolute Gasteiger partial charge is 0.460 e. The number of hydrogen-bond donors (Lipinski definition) is 1. The average Bonchev–Trinajstić information content (AvgIpc) is 2.88. The lowest BCUT2D eigenvalue weighted by Crippen LogP contribution is -2.49. The van der Waals surface area contributed by atoms with Crippen molar-refractivity contribution in [2.45, 2.75) is 140 Å². The molecule has 2 heterocycles. The first-order valence-electron chi connectivity index (χ1n) is 33.1. The lowest BCUT2D eigenvalue weighted by Gasteiger charge is -2.35. The van der Waals surface area contributed by atoms with Crippen LogP contribution in [-0.2, 0) is 41.6 Å². The number of anilines is 2. The van der Waals surface area contributed by atoms with Crippen LogP contribution in [0.5, 0.6) is 0 Å². The van der Waals surface area contributed by atoms with Gasteiger partial charge in [-0.3, -0.25) is 14.3 Å². The van der Waals surface area contributed by atoms with Gasteiger partial charge in [0.05, 0.1) is 104 Å². The third kappa shape index (κ3) is 30.0. The van der Waals surface area contributed by atoms with E-state index in [1.54, 1.807) is 0 Å². The van der Waals surface area contributed by atoms with Gasteiger partial charge < -0.3 is 52.3 Å². The summed E-state index contributed by atoms with van der Waals surface area (Å²) in [5, 5.41) is 7.28. The number of fused-ring (bicyclic) bond motifs is 2. The smallest absolute Gasteiger partial charge is 0.407 e. The number of carbonyl (C=O) groups excluding carboxylic acids is 3. The van der Waals surface area contributed by atoms with Gasteiger partial charge in [0.15, 0.2) is 18.9 Å². The van der Waals surface area contributed by atoms with Crippen molar-refractivity contribution in [3.63, 3.8) is 0 Å². The highest BCUT2D eigenvalue weighted by molar-refractivity contribution is 5.91. The summed E-state index contributed by atoms with van der Waals surface area (Å²) in [6, 6.07) is 33.6. The van der Waals surface area contributed by atoms with E-state index in [0.717, 1.165) is 60.2 Å². The van der Waals surface area contributed by atoms with E-state index in [1.165, 1.54) is 96.1 Å². The summed E-state index contributed by atoms with van der Waals surface area (Å²) in [5.74, 6) is -0.191. The van der Waals surface area contributed by atoms with E-state index >= 15 is 0 Å². The van der Waals surface area contributed by atoms with Crippen LogP contribution in [0.4, 0.5) is 20.9 Å². The number of aldehydes is 1. The molecule has 2 aromatic heterocycles. The lowest BCUT2D eigenvalue weighted by molar-refractivity contribution is -0.925. The first kappa shape index (κ1) is 78.4. The Morgan fingerprint density at radius 3 is 1.53 bits per heavy atom. The number of nitrogens with one attached hydrogen (secondary N) is 1. The van der Waals surface area contributed by atoms with Crippen molar-refractivity contribution in [3.05, 3.63) is 144 Å². The molecule has 0 spiro atoms. The van der Waals surface area contributed by atoms with E-state index in [1.807, 2.05) is 78.9 Å². The second-order valence-electron chi connectivity index (χ2n) is 25.5. The van der Waals surface area contributed by atoms with E-state index in [2.05, 4.69) is 183 Å². The zero-order valence-electron chi connectivity index (χ0n) is 58.3. The highest BCUT2D eigenvalue weighted by Crippen LogP contribution is 2.25. The normalized spacial score (nSPS) is 11.7. The van der Waals surface area contributed by atoms with Crippen LogP contribution in [-0.4, -0.2) is 164 Å². The molecule has 0 bridgehead atoms. The molecule has 502 valence electrons. The highest BCUT2D eigenvalue weighted by atomic mass is 19.0. The molecule has 0 atom stereocenters. The number of likely N-dealkylation sites (N-methyl/N-ethyl adjacent to an activating group) is 2. The van der Waals surface area contributed by atoms with Gasteiger partial charge in [-0.1, -0.05) is 42.5 Å². The fourth-order valence-corrected chi connectivity index (χ4v) is 10.5. The number of carbonyl (C=O) groups is 3. The van der Waals surface area contributed by atoms with Gasteiger partial charge in [0.25, 0.3) is 0 Å². The Morgan fingerprint density at radius 2 is 1.02 bits per heavy atom. The van der Waals surface area contributed by atoms with Gasteiger partial charge >= 0.3 is 12.1 Å². The number of benzene rings is 4. The van der Waals surface area contributed by atoms with Crippen LogP contribution in [0.1, 0.15) is 136 Å². The molecule has 91 heavy (non-hydrogen) atoms. The number of hydrogen-bond acceptors (Lipinski definition) is 10. The molecule has 1 amide bonds. The Bertz CT molecular complexity index is 3050. The number of esters is 1. The van der Waals surface area contributed by atoms with Gasteiger partial charge in [-0.05, 0) is 165 Å². The predicted octanol–water partition coefficient (Wildman–Crippen LogP) is 13.3. The third-order valence-corrected chi connectivity index (χ3v) is 16.7. The highest BCUT2D eigenvalue weighted by Gasteiger charge is 2.22. The number of quaternary nitrogens is 2. The lowest BCUT2D eigenvalue weighted by atomic mass is 10.0. The van der Waals surface area contributed by atoms with Gasteiger partial charge in [0.1, 0.15) is 30.2 Å². The summed E-state index contributed by atoms with van der Waals surface area (Å²) in [7, 11) is 4.09. The number of halogens is 1. The number of aryl methyl sites for hydroxylation is 3. The van der Waals surface area contributed by atoms with Gasteiger partial charge in [-0.2, -0.15) is 0 Å². The van der Waals surface area contributed by atoms with Gasteiger partial charge in [-0.25, -0.2) is 9.36 Å². The van der Waals surface area contributed by atoms with Gasteiger partial charge in [0, 0.05) is 75.8 Å². The Labute approximate surface area is 546 Å². The van der Waals surface area contributed by atoms with Crippen LogP contribution in [0, 0.1) is 13.1 Å². The van der Waals surface area contributed by atoms with Gasteiger partial charge in [0.2, 0.25) is 0 Å². The quantitative estimate of drug-likeness (QED) is 0.0103. The number of ether oxygens (including phenoxy) is 5. The van der Waals surface area contributed by atoms with Crippen LogP contribution in [0.3, 0.4) is 0 Å². The van der Waals surface area contributed by atoms with Crippen molar-refractivity contribution in [1.29, 1.82) is 0 Å². The Kier molecular flexibility index (Phi) is 35.3. The fourth-order valence-electron chi connectivity index (χ4n) is 10.5. The van der Waals surface area contributed by atoms with Gasteiger partial charge in [-0.15, -0.1) is 23.8 Å². The zero-order chi connectivity index (χ0) is 66.0. The van der Waals surface area contributed by atoms with Crippen molar-refractivity contribution in [2.75, 3.05) is 136 Å². The first-order chi connectivity index (χ1) is 43.0. The average molecular weight is 1260 g/mol. The van der Waals surface area contributed by atoms with Crippen LogP contribution in [0.15, 0.2) is 116 Å². The molecule has 4 aromatic carbocycles. The number of rotatable bonds is 35. The van der Waals surface area contributed by atoms with Crippen LogP contribution < -0.4 is 24.3 Å². The summed E-state index contributed by atoms with van der Waals surface area (Å²) in [4.78, 5) is 38.5. The maximum absolute atomic E-state index is 11.7. The molecular weight excluding hydrogens is 1150 g/mol. The molecule has 6 rings (SSSR count). The Balaban J connectivity index is 0.000000390. The molecular formula is C75H115FN7O8+3. The van der Waals surface area contributed by atoms with E-state index in [-0.39, 0.29) is 10.7 Å². The summed E-state index contributed by atoms with van der Waals surface area (Å²) in [6.45, 7) is 44.2. The Hall–Kier alpha value is -6.82. The number of aromatic nitrogens is 2. The van der Waals surface area contributed by atoms with Crippen LogP contribution in [0.25, 0.3) is 33.7 Å². The summed E-state index contributed by atoms with van der Waals surface area (Å²) in [5.41, 5.74) is 5.65. The molecule has 0 aliphatic carbocycles. The zero-order valence-corrected chi connectivity index (χ0v) is 58.3. The molecule has 6 aromatic rings. The maximum atomic E-state index is 11.7. The van der Waals surface area contributed by atoms with Crippen LogP contribution in [0.2, 0.25) is 0 Å². The summed E-state index contributed by atoms with van der Waals surface area (Å²) >= 11 is 0. The molecule has 0 saturated heterocycles. The number of pyridine rings is 2. The minimum Gasteiger partial charge on any atom is -0.460 e. The SMILES string of the molecule is CC[N+](CC)(CC)CCC[n+]1[c-]cc(/C=C/c2ccc3cc(N(C)CCOCCNC(=O)OC(C)(C)C)ccc3c2)cc1.CC[N+](CC)(CC)CCC[n+]1ccc(C)cc1.CN(CCOCCOCCCC(=O)OC(C)(C)C)c1ccc2cc(C=O)ccc2c1.F. The fraction of sp³-hybridized carbons (Fsp3) is 0.533. The van der Waals surface area contributed by atoms with Crippen molar-refractivity contribution in [2.24, 2.45) is 0 Å². The molecule has 0 aliphatic heterocycles. The minimum atomic E-state index is -0.499. The van der Waals surface area contributed by atoms with E-state index < -0.39 is 17.3 Å².